The zero-order valence-electron chi connectivity index (χ0n) is 13.1. The van der Waals surface area contributed by atoms with Crippen molar-refractivity contribution in [2.24, 2.45) is 5.73 Å². The standard InChI is InChI=1S/C18H16N2O3/c1-9-4-5-10(2)12(6-9)15-13(8-19)17(20)23-14-7-11(3)22-18(21)16(14)15/h4-7,15H,20H2,1-3H3/t15-/m0/s1. The number of aryl methyl sites for hydroxylation is 3. The lowest BCUT2D eigenvalue weighted by Crippen LogP contribution is -2.26. The molecule has 0 unspecified atom stereocenters. The highest BCUT2D eigenvalue weighted by Gasteiger charge is 2.35. The van der Waals surface area contributed by atoms with Gasteiger partial charge in [0.1, 0.15) is 23.2 Å². The summed E-state index contributed by atoms with van der Waals surface area (Å²) in [5.74, 6) is 0.222. The van der Waals surface area contributed by atoms with Crippen molar-refractivity contribution in [2.75, 3.05) is 0 Å². The molecule has 1 aliphatic heterocycles. The Hall–Kier alpha value is -3.00. The van der Waals surface area contributed by atoms with Crippen molar-refractivity contribution < 1.29 is 9.15 Å². The maximum absolute atomic E-state index is 12.4. The molecule has 0 saturated carbocycles. The van der Waals surface area contributed by atoms with E-state index in [1.165, 1.54) is 0 Å². The maximum atomic E-state index is 12.4. The average molecular weight is 308 g/mol. The normalized spacial score (nSPS) is 16.5. The van der Waals surface area contributed by atoms with Crippen molar-refractivity contribution in [1.82, 2.24) is 0 Å². The van der Waals surface area contributed by atoms with Gasteiger partial charge in [-0.2, -0.15) is 5.26 Å². The summed E-state index contributed by atoms with van der Waals surface area (Å²) in [6.45, 7) is 5.56. The molecule has 1 aromatic carbocycles. The summed E-state index contributed by atoms with van der Waals surface area (Å²) >= 11 is 0. The second-order valence-electron chi connectivity index (χ2n) is 5.71. The first kappa shape index (κ1) is 14.9. The fraction of sp³-hybridized carbons (Fsp3) is 0.222. The van der Waals surface area contributed by atoms with E-state index in [0.29, 0.717) is 17.1 Å². The van der Waals surface area contributed by atoms with Gasteiger partial charge in [0.15, 0.2) is 0 Å². The molecule has 1 aliphatic rings. The molecule has 2 aromatic rings. The van der Waals surface area contributed by atoms with E-state index in [1.807, 2.05) is 32.0 Å². The summed E-state index contributed by atoms with van der Waals surface area (Å²) in [4.78, 5) is 12.4. The Morgan fingerprint density at radius 2 is 1.96 bits per heavy atom. The summed E-state index contributed by atoms with van der Waals surface area (Å²) in [6.07, 6.45) is 0. The van der Waals surface area contributed by atoms with Gasteiger partial charge in [0.2, 0.25) is 5.88 Å². The molecule has 5 nitrogen and oxygen atoms in total. The van der Waals surface area contributed by atoms with Gasteiger partial charge in [-0.1, -0.05) is 23.8 Å². The van der Waals surface area contributed by atoms with Crippen LogP contribution in [0.3, 0.4) is 0 Å². The largest absolute Gasteiger partial charge is 0.440 e. The van der Waals surface area contributed by atoms with E-state index in [1.54, 1.807) is 13.0 Å². The smallest absolute Gasteiger partial charge is 0.343 e. The third-order valence-electron chi connectivity index (χ3n) is 4.00. The first-order valence-corrected chi connectivity index (χ1v) is 7.21. The van der Waals surface area contributed by atoms with Gasteiger partial charge in [-0.3, -0.25) is 0 Å². The van der Waals surface area contributed by atoms with E-state index >= 15 is 0 Å². The van der Waals surface area contributed by atoms with Crippen LogP contribution in [0.4, 0.5) is 0 Å². The Bertz CT molecular complexity index is 932. The number of benzene rings is 1. The van der Waals surface area contributed by atoms with E-state index in [0.717, 1.165) is 16.7 Å². The fourth-order valence-electron chi connectivity index (χ4n) is 2.90. The van der Waals surface area contributed by atoms with Crippen LogP contribution in [0.2, 0.25) is 0 Å². The second-order valence-corrected chi connectivity index (χ2v) is 5.71. The molecule has 0 fully saturated rings. The summed E-state index contributed by atoms with van der Waals surface area (Å²) in [7, 11) is 0. The number of nitrogens with zero attached hydrogens (tertiary/aromatic N) is 1. The molecule has 0 amide bonds. The average Bonchev–Trinajstić information content (AvgIpc) is 2.48. The third kappa shape index (κ3) is 2.38. The van der Waals surface area contributed by atoms with E-state index < -0.39 is 11.5 Å². The van der Waals surface area contributed by atoms with Crippen molar-refractivity contribution in [3.05, 3.63) is 74.2 Å². The molecule has 0 aliphatic carbocycles. The molecular weight excluding hydrogens is 292 g/mol. The maximum Gasteiger partial charge on any atom is 0.343 e. The van der Waals surface area contributed by atoms with Crippen LogP contribution in [0.5, 0.6) is 5.75 Å². The molecule has 3 rings (SSSR count). The molecule has 0 bridgehead atoms. The summed E-state index contributed by atoms with van der Waals surface area (Å²) in [5.41, 5.74) is 8.81. The lowest BCUT2D eigenvalue weighted by molar-refractivity contribution is 0.371. The van der Waals surface area contributed by atoms with E-state index in [2.05, 4.69) is 6.07 Å². The number of rotatable bonds is 1. The molecule has 0 radical (unpaired) electrons. The molecule has 1 atom stereocenters. The Balaban J connectivity index is 2.36. The monoisotopic (exact) mass is 308 g/mol. The Morgan fingerprint density at radius 1 is 1.22 bits per heavy atom. The number of fused-ring (bicyclic) bond motifs is 1. The van der Waals surface area contributed by atoms with Gasteiger partial charge in [-0.05, 0) is 31.9 Å². The highest BCUT2D eigenvalue weighted by atomic mass is 16.5. The van der Waals surface area contributed by atoms with Crippen molar-refractivity contribution in [3.8, 4) is 11.8 Å². The predicted molar refractivity (Wildman–Crippen MR) is 84.9 cm³/mol. The Morgan fingerprint density at radius 3 is 2.65 bits per heavy atom. The lowest BCUT2D eigenvalue weighted by Gasteiger charge is -2.26. The highest BCUT2D eigenvalue weighted by molar-refractivity contribution is 5.56. The number of hydrogen-bond donors (Lipinski definition) is 1. The first-order valence-electron chi connectivity index (χ1n) is 7.21. The zero-order chi connectivity index (χ0) is 16.7. The minimum absolute atomic E-state index is 0.0240. The predicted octanol–water partition coefficient (Wildman–Crippen LogP) is 2.78. The van der Waals surface area contributed by atoms with Crippen LogP contribution in [-0.4, -0.2) is 0 Å². The van der Waals surface area contributed by atoms with Crippen LogP contribution >= 0.6 is 0 Å². The molecule has 2 heterocycles. The van der Waals surface area contributed by atoms with Gasteiger partial charge in [0.25, 0.3) is 0 Å². The Labute approximate surface area is 133 Å². The van der Waals surface area contributed by atoms with E-state index in [4.69, 9.17) is 14.9 Å². The molecule has 0 saturated heterocycles. The number of allylic oxidation sites excluding steroid dienone is 1. The Kier molecular flexibility index (Phi) is 3.45. The lowest BCUT2D eigenvalue weighted by atomic mass is 9.82. The van der Waals surface area contributed by atoms with Gasteiger partial charge in [-0.15, -0.1) is 0 Å². The minimum atomic E-state index is -0.583. The van der Waals surface area contributed by atoms with Crippen LogP contribution in [0.15, 0.2) is 44.9 Å². The van der Waals surface area contributed by atoms with Crippen LogP contribution in [0, 0.1) is 32.1 Å². The molecule has 116 valence electrons. The number of hydrogen-bond acceptors (Lipinski definition) is 5. The van der Waals surface area contributed by atoms with Gasteiger partial charge in [-0.25, -0.2) is 4.79 Å². The first-order chi connectivity index (χ1) is 10.9. The molecular formula is C18H16N2O3. The van der Waals surface area contributed by atoms with Gasteiger partial charge in [0, 0.05) is 6.07 Å². The van der Waals surface area contributed by atoms with E-state index in [9.17, 15) is 10.1 Å². The minimum Gasteiger partial charge on any atom is -0.440 e. The zero-order valence-corrected chi connectivity index (χ0v) is 13.1. The molecule has 0 spiro atoms. The number of nitrogens with two attached hydrogens (primary N) is 1. The van der Waals surface area contributed by atoms with Crippen molar-refractivity contribution in [2.45, 2.75) is 26.7 Å². The number of ether oxygens (including phenoxy) is 1. The highest BCUT2D eigenvalue weighted by Crippen LogP contribution is 2.41. The summed E-state index contributed by atoms with van der Waals surface area (Å²) < 4.78 is 10.7. The fourth-order valence-corrected chi connectivity index (χ4v) is 2.90. The second kappa shape index (κ2) is 5.33. The van der Waals surface area contributed by atoms with Crippen molar-refractivity contribution >= 4 is 0 Å². The summed E-state index contributed by atoms with van der Waals surface area (Å²) in [5, 5.41) is 9.52. The van der Waals surface area contributed by atoms with Crippen LogP contribution in [-0.2, 0) is 0 Å². The van der Waals surface area contributed by atoms with Gasteiger partial charge < -0.3 is 14.9 Å². The van der Waals surface area contributed by atoms with Gasteiger partial charge >= 0.3 is 5.63 Å². The topological polar surface area (TPSA) is 89.2 Å². The molecule has 1 aromatic heterocycles. The summed E-state index contributed by atoms with van der Waals surface area (Å²) in [6, 6.07) is 9.60. The SMILES string of the molecule is Cc1ccc(C)c([C@H]2C(C#N)=C(N)Oc3cc(C)oc(=O)c32)c1. The van der Waals surface area contributed by atoms with Crippen LogP contribution < -0.4 is 16.1 Å². The quantitative estimate of drug-likeness (QED) is 0.875. The van der Waals surface area contributed by atoms with Crippen LogP contribution in [0.1, 0.15) is 33.9 Å². The van der Waals surface area contributed by atoms with Crippen molar-refractivity contribution in [3.63, 3.8) is 0 Å². The van der Waals surface area contributed by atoms with Crippen LogP contribution in [0.25, 0.3) is 0 Å². The van der Waals surface area contributed by atoms with E-state index in [-0.39, 0.29) is 11.5 Å². The molecule has 2 N–H and O–H groups in total. The van der Waals surface area contributed by atoms with Crippen molar-refractivity contribution in [1.29, 1.82) is 5.26 Å². The third-order valence-corrected chi connectivity index (χ3v) is 4.00. The molecule has 5 heteroatoms. The van der Waals surface area contributed by atoms with Gasteiger partial charge in [0.05, 0.1) is 11.5 Å². The molecule has 23 heavy (non-hydrogen) atoms. The number of nitriles is 1.